The molecule has 0 unspecified atom stereocenters. The molecule has 0 spiro atoms. The maximum absolute atomic E-state index is 11.6. The third kappa shape index (κ3) is 6.04. The van der Waals surface area contributed by atoms with E-state index < -0.39 is 0 Å². The first kappa shape index (κ1) is 22.3. The number of hydrogen-bond acceptors (Lipinski definition) is 8. The zero-order valence-corrected chi connectivity index (χ0v) is 17.5. The average molecular weight is 418 g/mol. The predicted molar refractivity (Wildman–Crippen MR) is 113 cm³/mol. The first-order chi connectivity index (χ1) is 14.6. The van der Waals surface area contributed by atoms with Gasteiger partial charge in [0, 0.05) is 44.2 Å². The summed E-state index contributed by atoms with van der Waals surface area (Å²) in [6, 6.07) is 7.09. The lowest BCUT2D eigenvalue weighted by Gasteiger charge is -2.34. The van der Waals surface area contributed by atoms with Crippen LogP contribution in [0.4, 0.5) is 0 Å². The number of nitrogens with zero attached hydrogens (tertiary/aromatic N) is 3. The van der Waals surface area contributed by atoms with Gasteiger partial charge < -0.3 is 24.4 Å². The quantitative estimate of drug-likeness (QED) is 0.264. The van der Waals surface area contributed by atoms with E-state index in [1.54, 1.807) is 12.1 Å². The molecule has 1 aromatic heterocycles. The zero-order chi connectivity index (χ0) is 21.3. The molecule has 0 amide bonds. The highest BCUT2D eigenvalue weighted by Crippen LogP contribution is 2.21. The van der Waals surface area contributed by atoms with E-state index in [-0.39, 0.29) is 23.5 Å². The molecule has 2 N–H and O–H groups in total. The Kier molecular flexibility index (Phi) is 8.24. The van der Waals surface area contributed by atoms with E-state index in [9.17, 15) is 4.79 Å². The second-order valence-electron chi connectivity index (χ2n) is 7.64. The molecule has 0 saturated carbocycles. The number of rotatable bonds is 10. The molecular weight excluding hydrogens is 386 g/mol. The predicted octanol–water partition coefficient (Wildman–Crippen LogP) is 2.08. The maximum atomic E-state index is 11.6. The number of carbonyl (C=O) groups is 1. The summed E-state index contributed by atoms with van der Waals surface area (Å²) in [4.78, 5) is 16.4. The molecular formula is C22H31N3O5. The summed E-state index contributed by atoms with van der Waals surface area (Å²) in [5.74, 6) is 0.464. The van der Waals surface area contributed by atoms with Crippen LogP contribution < -0.4 is 10.3 Å². The van der Waals surface area contributed by atoms with Gasteiger partial charge in [0.2, 0.25) is 0 Å². The smallest absolute Gasteiger partial charge is 0.266 e. The van der Waals surface area contributed by atoms with Crippen LogP contribution in [0.2, 0.25) is 0 Å². The number of fused-ring (bicyclic) bond motifs is 1. The minimum Gasteiger partial charge on any atom is -0.493 e. The lowest BCUT2D eigenvalue weighted by molar-refractivity contribution is 0.101. The highest BCUT2D eigenvalue weighted by atomic mass is 16.5. The number of benzene rings is 1. The minimum absolute atomic E-state index is 0.0932. The molecule has 30 heavy (non-hydrogen) atoms. The first-order valence-electron chi connectivity index (χ1n) is 10.6. The summed E-state index contributed by atoms with van der Waals surface area (Å²) >= 11 is 0. The van der Waals surface area contributed by atoms with Gasteiger partial charge in [-0.25, -0.2) is 0 Å². The van der Waals surface area contributed by atoms with Crippen molar-refractivity contribution in [3.63, 3.8) is 0 Å². The highest BCUT2D eigenvalue weighted by molar-refractivity contribution is 5.96. The number of aliphatic hydroxyl groups excluding tert-OH is 1. The molecule has 1 aliphatic heterocycles. The molecule has 0 bridgehead atoms. The number of Topliss-reactive ketones (excluding diaryl/α,β-unsaturated/α-hetero) is 1. The molecule has 8 nitrogen and oxygen atoms in total. The Morgan fingerprint density at radius 2 is 1.83 bits per heavy atom. The maximum Gasteiger partial charge on any atom is 0.266 e. The molecule has 1 fully saturated rings. The minimum atomic E-state index is -0.221. The van der Waals surface area contributed by atoms with Crippen LogP contribution in [0.1, 0.15) is 36.5 Å². The van der Waals surface area contributed by atoms with Crippen LogP contribution >= 0.6 is 0 Å². The van der Waals surface area contributed by atoms with Gasteiger partial charge in [0.05, 0.1) is 18.8 Å². The van der Waals surface area contributed by atoms with E-state index in [0.717, 1.165) is 63.9 Å². The van der Waals surface area contributed by atoms with E-state index in [1.165, 1.54) is 6.92 Å². The monoisotopic (exact) mass is 417 g/mol. The normalized spacial score (nSPS) is 16.3. The number of aliphatic hydroxyl groups is 1. The lowest BCUT2D eigenvalue weighted by atomic mass is 10.1. The Balaban J connectivity index is 1.41. The van der Waals surface area contributed by atoms with Crippen molar-refractivity contribution < 1.29 is 24.3 Å². The Labute approximate surface area is 176 Å². The van der Waals surface area contributed by atoms with Gasteiger partial charge in [-0.1, -0.05) is 0 Å². The van der Waals surface area contributed by atoms with E-state index in [2.05, 4.69) is 15.0 Å². The molecule has 8 heteroatoms. The van der Waals surface area contributed by atoms with Crippen LogP contribution in [0, 0.1) is 0 Å². The molecule has 0 aliphatic carbocycles. The topological polar surface area (TPSA) is 98.7 Å². The van der Waals surface area contributed by atoms with Crippen LogP contribution in [-0.4, -0.2) is 78.4 Å². The SMILES string of the molecule is CC(=O)c1cc2ccc(OCCCCCN3CCN(CCO)CC3)cc2oc1=NO. The van der Waals surface area contributed by atoms with Gasteiger partial charge in [0.25, 0.3) is 5.55 Å². The van der Waals surface area contributed by atoms with Crippen molar-refractivity contribution in [2.45, 2.75) is 26.2 Å². The summed E-state index contributed by atoms with van der Waals surface area (Å²) in [5, 5.41) is 21.9. The fraction of sp³-hybridized carbons (Fsp3) is 0.545. The summed E-state index contributed by atoms with van der Waals surface area (Å²) in [5.41, 5.74) is 0.656. The molecule has 2 heterocycles. The molecule has 1 saturated heterocycles. The number of ether oxygens (including phenoxy) is 1. The van der Waals surface area contributed by atoms with Gasteiger partial charge in [-0.2, -0.15) is 0 Å². The van der Waals surface area contributed by atoms with E-state index in [0.29, 0.717) is 17.9 Å². The highest BCUT2D eigenvalue weighted by Gasteiger charge is 2.15. The van der Waals surface area contributed by atoms with E-state index >= 15 is 0 Å². The number of hydrogen-bond donors (Lipinski definition) is 2. The molecule has 0 radical (unpaired) electrons. The van der Waals surface area contributed by atoms with Crippen molar-refractivity contribution in [1.29, 1.82) is 0 Å². The van der Waals surface area contributed by atoms with Crippen LogP contribution in [0.5, 0.6) is 5.75 Å². The largest absolute Gasteiger partial charge is 0.493 e. The third-order valence-corrected chi connectivity index (χ3v) is 5.46. The van der Waals surface area contributed by atoms with Gasteiger partial charge in [-0.3, -0.25) is 9.69 Å². The molecule has 3 rings (SSSR count). The van der Waals surface area contributed by atoms with Crippen molar-refractivity contribution in [2.75, 3.05) is 52.5 Å². The van der Waals surface area contributed by atoms with Crippen molar-refractivity contribution >= 4 is 16.8 Å². The Morgan fingerprint density at radius 3 is 2.50 bits per heavy atom. The van der Waals surface area contributed by atoms with Crippen molar-refractivity contribution in [1.82, 2.24) is 9.80 Å². The van der Waals surface area contributed by atoms with E-state index in [1.807, 2.05) is 12.1 Å². The number of β-amino-alcohol motifs (C(OH)–C–C–N with tert-alkyl or cyclic N) is 1. The van der Waals surface area contributed by atoms with Crippen molar-refractivity contribution in [2.24, 2.45) is 5.16 Å². The van der Waals surface area contributed by atoms with Crippen LogP contribution in [-0.2, 0) is 0 Å². The van der Waals surface area contributed by atoms with Crippen LogP contribution in [0.15, 0.2) is 33.8 Å². The summed E-state index contributed by atoms with van der Waals surface area (Å²) < 4.78 is 11.4. The third-order valence-electron chi connectivity index (χ3n) is 5.46. The molecule has 0 atom stereocenters. The van der Waals surface area contributed by atoms with Crippen molar-refractivity contribution in [3.8, 4) is 5.75 Å². The Bertz CT molecular complexity index is 903. The number of piperazine rings is 1. The second kappa shape index (κ2) is 11.1. The fourth-order valence-corrected chi connectivity index (χ4v) is 3.70. The van der Waals surface area contributed by atoms with Gasteiger partial charge >= 0.3 is 0 Å². The zero-order valence-electron chi connectivity index (χ0n) is 17.5. The van der Waals surface area contributed by atoms with Gasteiger partial charge in [-0.05, 0) is 56.1 Å². The van der Waals surface area contributed by atoms with Gasteiger partial charge in [-0.15, -0.1) is 0 Å². The van der Waals surface area contributed by atoms with E-state index in [4.69, 9.17) is 19.5 Å². The lowest BCUT2D eigenvalue weighted by Crippen LogP contribution is -2.47. The molecule has 164 valence electrons. The van der Waals surface area contributed by atoms with Gasteiger partial charge in [0.15, 0.2) is 5.78 Å². The van der Waals surface area contributed by atoms with Crippen molar-refractivity contribution in [3.05, 3.63) is 35.4 Å². The van der Waals surface area contributed by atoms with Gasteiger partial charge in [0.1, 0.15) is 11.3 Å². The average Bonchev–Trinajstić information content (AvgIpc) is 2.76. The number of unbranched alkanes of at least 4 members (excludes halogenated alkanes) is 2. The van der Waals surface area contributed by atoms with Crippen LogP contribution in [0.25, 0.3) is 11.0 Å². The molecule has 2 aromatic rings. The second-order valence-corrected chi connectivity index (χ2v) is 7.64. The fourth-order valence-electron chi connectivity index (χ4n) is 3.70. The van der Waals surface area contributed by atoms with Crippen LogP contribution in [0.3, 0.4) is 0 Å². The first-order valence-corrected chi connectivity index (χ1v) is 10.6. The standard InChI is InChI=1S/C22H31N3O5/c1-17(27)20-15-18-5-6-19(16-21(18)30-22(20)23-28)29-14-4-2-3-7-24-8-10-25(11-9-24)12-13-26/h5-6,15-16,26,28H,2-4,7-14H2,1H3. The number of ketones is 1. The molecule has 1 aromatic carbocycles. The Morgan fingerprint density at radius 1 is 1.10 bits per heavy atom. The summed E-state index contributed by atoms with van der Waals surface area (Å²) in [6.07, 6.45) is 3.22. The summed E-state index contributed by atoms with van der Waals surface area (Å²) in [7, 11) is 0. The number of carbonyl (C=O) groups excluding carboxylic acids is 1. The summed E-state index contributed by atoms with van der Waals surface area (Å²) in [6.45, 7) is 8.37. The molecule has 1 aliphatic rings. The Hall–Kier alpha value is -2.42.